The molecule has 3 aliphatic rings. The third-order valence-corrected chi connectivity index (χ3v) is 8.85. The molecular formula is C30H35F6N3O5. The number of hydrogen-bond donors (Lipinski definition) is 3. The molecule has 1 saturated heterocycles. The molecule has 1 aliphatic heterocycles. The lowest BCUT2D eigenvalue weighted by atomic mass is 9.64. The van der Waals surface area contributed by atoms with Gasteiger partial charge >= 0.3 is 24.4 Å². The van der Waals surface area contributed by atoms with Crippen molar-refractivity contribution in [3.8, 4) is 11.5 Å². The molecule has 3 N–H and O–H groups in total. The van der Waals surface area contributed by atoms with E-state index >= 15 is 0 Å². The smallest absolute Gasteiger partial charge is 0.490 e. The number of benzene rings is 2. The van der Waals surface area contributed by atoms with Crippen molar-refractivity contribution in [2.75, 3.05) is 26.1 Å². The van der Waals surface area contributed by atoms with Crippen molar-refractivity contribution in [2.24, 2.45) is 0 Å². The van der Waals surface area contributed by atoms with Gasteiger partial charge in [-0.05, 0) is 87.0 Å². The van der Waals surface area contributed by atoms with Crippen LogP contribution in [0.3, 0.4) is 0 Å². The number of carboxylic acids is 1. The number of ether oxygens (including phenoxy) is 2. The zero-order valence-corrected chi connectivity index (χ0v) is 24.2. The molecule has 0 bridgehead atoms. The lowest BCUT2D eigenvalue weighted by Gasteiger charge is -2.48. The quantitative estimate of drug-likeness (QED) is 0.311. The summed E-state index contributed by atoms with van der Waals surface area (Å²) in [5.74, 6) is -1.32. The van der Waals surface area contributed by atoms with Gasteiger partial charge in [-0.3, -0.25) is 4.90 Å². The van der Waals surface area contributed by atoms with Gasteiger partial charge in [0, 0.05) is 29.2 Å². The number of halogens is 6. The van der Waals surface area contributed by atoms with Gasteiger partial charge in [0.2, 0.25) is 0 Å². The summed E-state index contributed by atoms with van der Waals surface area (Å²) in [6.45, 7) is 1.04. The van der Waals surface area contributed by atoms with E-state index in [0.717, 1.165) is 50.1 Å². The number of amides is 2. The number of likely N-dealkylation sites (tertiary alicyclic amines) is 1. The first-order valence-corrected chi connectivity index (χ1v) is 14.2. The minimum Gasteiger partial charge on any atom is -0.493 e. The molecule has 3 fully saturated rings. The van der Waals surface area contributed by atoms with Crippen molar-refractivity contribution >= 4 is 17.7 Å². The van der Waals surface area contributed by atoms with E-state index in [1.54, 1.807) is 14.2 Å². The molecule has 2 amide bonds. The van der Waals surface area contributed by atoms with Crippen LogP contribution in [-0.2, 0) is 16.4 Å². The number of carbonyl (C=O) groups excluding carboxylic acids is 1. The molecule has 0 aromatic heterocycles. The molecule has 2 aliphatic carbocycles. The molecule has 0 spiro atoms. The van der Waals surface area contributed by atoms with E-state index in [1.165, 1.54) is 37.0 Å². The first kappa shape index (κ1) is 33.2. The lowest BCUT2D eigenvalue weighted by Crippen LogP contribution is -2.55. The van der Waals surface area contributed by atoms with Crippen LogP contribution in [-0.4, -0.2) is 67.1 Å². The number of alkyl halides is 6. The van der Waals surface area contributed by atoms with Crippen molar-refractivity contribution in [1.82, 2.24) is 10.2 Å². The number of fused-ring (bicyclic) bond motifs is 1. The molecule has 2 aromatic carbocycles. The van der Waals surface area contributed by atoms with Crippen molar-refractivity contribution in [3.05, 3.63) is 53.6 Å². The zero-order chi connectivity index (χ0) is 32.3. The largest absolute Gasteiger partial charge is 0.493 e. The number of hydrogen-bond acceptors (Lipinski definition) is 5. The molecule has 5 rings (SSSR count). The number of rotatable bonds is 6. The predicted octanol–water partition coefficient (Wildman–Crippen LogP) is 6.59. The Hall–Kier alpha value is -3.68. The number of carboxylic acid groups (broad SMARTS) is 1. The second-order valence-electron chi connectivity index (χ2n) is 11.3. The van der Waals surface area contributed by atoms with Gasteiger partial charge in [-0.15, -0.1) is 0 Å². The van der Waals surface area contributed by atoms with Crippen molar-refractivity contribution in [2.45, 2.75) is 80.8 Å². The Bertz CT molecular complexity index is 1320. The summed E-state index contributed by atoms with van der Waals surface area (Å²) in [5.41, 5.74) is 0.828. The van der Waals surface area contributed by atoms with E-state index in [4.69, 9.17) is 19.4 Å². The topological polar surface area (TPSA) is 100 Å². The Kier molecular flexibility index (Phi) is 9.91. The fraction of sp³-hybridized carbons (Fsp3) is 0.533. The third kappa shape index (κ3) is 7.33. The van der Waals surface area contributed by atoms with E-state index < -0.39 is 29.9 Å². The Morgan fingerprint density at radius 1 is 0.932 bits per heavy atom. The van der Waals surface area contributed by atoms with Crippen molar-refractivity contribution in [3.63, 3.8) is 0 Å². The standard InChI is InChI=1S/C28H34F3N3O3.C2HF3O2/c1-36-23-11-8-19(16-24(23)37-2)27-13-12-21(17-25(27)34(15-14-27)22-4-3-5-22)33-26(35)32-20-9-6-18(7-10-20)28(29,30)31;3-2(4,5)1(6)7/h6-11,16,21-22,25H,3-5,12-15,17H2,1-2H3,(H2,32,33,35);(H,6,7). The summed E-state index contributed by atoms with van der Waals surface area (Å²) in [5, 5.41) is 12.9. The first-order valence-electron chi connectivity index (χ1n) is 14.2. The highest BCUT2D eigenvalue weighted by atomic mass is 19.4. The molecule has 242 valence electrons. The molecule has 8 nitrogen and oxygen atoms in total. The Morgan fingerprint density at radius 2 is 1.57 bits per heavy atom. The highest BCUT2D eigenvalue weighted by Gasteiger charge is 2.53. The molecular weight excluding hydrogens is 596 g/mol. The van der Waals surface area contributed by atoms with Crippen LogP contribution in [0.5, 0.6) is 11.5 Å². The molecule has 2 saturated carbocycles. The van der Waals surface area contributed by atoms with E-state index in [1.807, 2.05) is 6.07 Å². The third-order valence-electron chi connectivity index (χ3n) is 8.85. The van der Waals surface area contributed by atoms with E-state index in [-0.39, 0.29) is 11.5 Å². The average molecular weight is 632 g/mol. The number of nitrogens with zero attached hydrogens (tertiary/aromatic N) is 1. The van der Waals surface area contributed by atoms with Gasteiger partial charge in [0.1, 0.15) is 0 Å². The molecule has 1 heterocycles. The maximum atomic E-state index is 12.8. The van der Waals surface area contributed by atoms with Crippen molar-refractivity contribution < 1.29 is 50.5 Å². The van der Waals surface area contributed by atoms with Gasteiger partial charge in [-0.25, -0.2) is 9.59 Å². The van der Waals surface area contributed by atoms with Gasteiger partial charge in [0.05, 0.1) is 19.8 Å². The Labute approximate surface area is 250 Å². The first-order chi connectivity index (χ1) is 20.7. The summed E-state index contributed by atoms with van der Waals surface area (Å²) in [6, 6.07) is 11.2. The van der Waals surface area contributed by atoms with E-state index in [9.17, 15) is 31.1 Å². The fourth-order valence-electron chi connectivity index (χ4n) is 6.45. The molecule has 44 heavy (non-hydrogen) atoms. The normalized spacial score (nSPS) is 23.8. The number of carbonyl (C=O) groups is 2. The number of aliphatic carboxylic acids is 1. The van der Waals surface area contributed by atoms with Crippen LogP contribution in [0.15, 0.2) is 42.5 Å². The van der Waals surface area contributed by atoms with Crippen LogP contribution in [0.2, 0.25) is 0 Å². The molecule has 3 unspecified atom stereocenters. The van der Waals surface area contributed by atoms with Crippen LogP contribution in [0.1, 0.15) is 56.1 Å². The summed E-state index contributed by atoms with van der Waals surface area (Å²) in [4.78, 5) is 24.3. The number of urea groups is 1. The predicted molar refractivity (Wildman–Crippen MR) is 149 cm³/mol. The summed E-state index contributed by atoms with van der Waals surface area (Å²) < 4.78 is 81.3. The highest BCUT2D eigenvalue weighted by Crippen LogP contribution is 2.52. The maximum absolute atomic E-state index is 12.8. The van der Waals surface area contributed by atoms with Gasteiger partial charge in [0.25, 0.3) is 0 Å². The van der Waals surface area contributed by atoms with Crippen LogP contribution in [0.25, 0.3) is 0 Å². The second kappa shape index (κ2) is 13.1. The van der Waals surface area contributed by atoms with Crippen LogP contribution < -0.4 is 20.1 Å². The molecule has 2 aromatic rings. The summed E-state index contributed by atoms with van der Waals surface area (Å²) in [7, 11) is 3.29. The minimum absolute atomic E-state index is 0.0166. The van der Waals surface area contributed by atoms with E-state index in [0.29, 0.717) is 23.5 Å². The van der Waals surface area contributed by atoms with Gasteiger partial charge in [-0.2, -0.15) is 26.3 Å². The SMILES string of the molecule is COc1ccc(C23CCC(NC(=O)Nc4ccc(C(F)(F)F)cc4)CC2N(C2CCC2)CC3)cc1OC.O=C(O)C(F)(F)F. The van der Waals surface area contributed by atoms with Crippen molar-refractivity contribution in [1.29, 1.82) is 0 Å². The van der Waals surface area contributed by atoms with Crippen LogP contribution >= 0.6 is 0 Å². The van der Waals surface area contributed by atoms with Gasteiger partial charge < -0.3 is 25.2 Å². The second-order valence-corrected chi connectivity index (χ2v) is 11.3. The summed E-state index contributed by atoms with van der Waals surface area (Å²) >= 11 is 0. The number of anilines is 1. The monoisotopic (exact) mass is 631 g/mol. The Balaban J connectivity index is 0.000000566. The number of methoxy groups -OCH3 is 2. The number of nitrogens with one attached hydrogen (secondary N) is 2. The summed E-state index contributed by atoms with van der Waals surface area (Å²) in [6.07, 6.45) is -2.16. The average Bonchev–Trinajstić information content (AvgIpc) is 3.30. The Morgan fingerprint density at radius 3 is 2.09 bits per heavy atom. The van der Waals surface area contributed by atoms with Gasteiger partial charge in [0.15, 0.2) is 11.5 Å². The molecule has 3 atom stereocenters. The minimum atomic E-state index is -5.08. The highest BCUT2D eigenvalue weighted by molar-refractivity contribution is 5.89. The lowest BCUT2D eigenvalue weighted by molar-refractivity contribution is -0.192. The van der Waals surface area contributed by atoms with E-state index in [2.05, 4.69) is 27.7 Å². The van der Waals surface area contributed by atoms with Crippen LogP contribution in [0.4, 0.5) is 36.8 Å². The zero-order valence-electron chi connectivity index (χ0n) is 24.2. The molecule has 0 radical (unpaired) electrons. The maximum Gasteiger partial charge on any atom is 0.490 e. The van der Waals surface area contributed by atoms with Gasteiger partial charge in [-0.1, -0.05) is 12.5 Å². The van der Waals surface area contributed by atoms with Crippen LogP contribution in [0, 0.1) is 0 Å². The molecule has 14 heteroatoms. The fourth-order valence-corrected chi connectivity index (χ4v) is 6.45.